The molecule has 31 heavy (non-hydrogen) atoms. The standard InChI is InChI=1S/C22H19F2N3O4/c23-13-5-6-17(18(24)11-13)20(29)25-14-7-9-26(10-8-14)19(28)12-27-21(30)15-3-1-2-4-16(15)22(27)31/h1-6,11,14H,7-10,12H2,(H,25,29). The van der Waals surface area contributed by atoms with Crippen molar-refractivity contribution in [1.29, 1.82) is 0 Å². The highest BCUT2D eigenvalue weighted by Crippen LogP contribution is 2.23. The first-order valence-electron chi connectivity index (χ1n) is 9.84. The molecule has 2 heterocycles. The molecule has 1 saturated heterocycles. The number of benzene rings is 2. The van der Waals surface area contributed by atoms with Crippen molar-refractivity contribution in [3.63, 3.8) is 0 Å². The number of nitrogens with zero attached hydrogens (tertiary/aromatic N) is 2. The number of halogens is 2. The third kappa shape index (κ3) is 4.03. The molecule has 0 atom stereocenters. The number of imide groups is 1. The van der Waals surface area contributed by atoms with Gasteiger partial charge in [0.1, 0.15) is 18.2 Å². The largest absolute Gasteiger partial charge is 0.349 e. The Bertz CT molecular complexity index is 1050. The third-order valence-corrected chi connectivity index (χ3v) is 5.53. The van der Waals surface area contributed by atoms with Gasteiger partial charge >= 0.3 is 0 Å². The molecule has 160 valence electrons. The fraction of sp³-hybridized carbons (Fsp3) is 0.273. The van der Waals surface area contributed by atoms with Gasteiger partial charge in [0.05, 0.1) is 16.7 Å². The summed E-state index contributed by atoms with van der Waals surface area (Å²) in [5.41, 5.74) is 0.329. The summed E-state index contributed by atoms with van der Waals surface area (Å²) >= 11 is 0. The zero-order valence-corrected chi connectivity index (χ0v) is 16.4. The second-order valence-corrected chi connectivity index (χ2v) is 7.49. The molecule has 2 aromatic rings. The van der Waals surface area contributed by atoms with Crippen LogP contribution in [0.1, 0.15) is 43.9 Å². The van der Waals surface area contributed by atoms with Crippen molar-refractivity contribution in [3.8, 4) is 0 Å². The van der Waals surface area contributed by atoms with Gasteiger partial charge in [0.25, 0.3) is 17.7 Å². The number of likely N-dealkylation sites (tertiary alicyclic amines) is 1. The summed E-state index contributed by atoms with van der Waals surface area (Å²) in [5, 5.41) is 2.70. The van der Waals surface area contributed by atoms with Crippen LogP contribution in [0.3, 0.4) is 0 Å². The molecule has 1 N–H and O–H groups in total. The summed E-state index contributed by atoms with van der Waals surface area (Å²) in [6.07, 6.45) is 0.866. The number of fused-ring (bicyclic) bond motifs is 1. The van der Waals surface area contributed by atoms with Crippen LogP contribution in [0.15, 0.2) is 42.5 Å². The molecule has 9 heteroatoms. The van der Waals surface area contributed by atoms with E-state index in [4.69, 9.17) is 0 Å². The van der Waals surface area contributed by atoms with Crippen molar-refractivity contribution in [2.75, 3.05) is 19.6 Å². The number of hydrogen-bond acceptors (Lipinski definition) is 4. The van der Waals surface area contributed by atoms with Crippen molar-refractivity contribution in [2.24, 2.45) is 0 Å². The van der Waals surface area contributed by atoms with E-state index in [2.05, 4.69) is 5.32 Å². The van der Waals surface area contributed by atoms with E-state index in [0.29, 0.717) is 32.0 Å². The van der Waals surface area contributed by atoms with Crippen LogP contribution in [0.25, 0.3) is 0 Å². The Morgan fingerprint density at radius 2 is 1.58 bits per heavy atom. The van der Waals surface area contributed by atoms with Crippen LogP contribution < -0.4 is 5.32 Å². The SMILES string of the molecule is O=C(NC1CCN(C(=O)CN2C(=O)c3ccccc3C2=O)CC1)c1ccc(F)cc1F. The van der Waals surface area contributed by atoms with Gasteiger partial charge < -0.3 is 10.2 Å². The van der Waals surface area contributed by atoms with Crippen molar-refractivity contribution < 1.29 is 28.0 Å². The first kappa shape index (κ1) is 20.6. The van der Waals surface area contributed by atoms with Gasteiger partial charge in [0, 0.05) is 25.2 Å². The van der Waals surface area contributed by atoms with E-state index in [1.165, 1.54) is 4.90 Å². The average Bonchev–Trinajstić information content (AvgIpc) is 2.99. The second-order valence-electron chi connectivity index (χ2n) is 7.49. The number of carbonyl (C=O) groups is 4. The Morgan fingerprint density at radius 1 is 0.968 bits per heavy atom. The summed E-state index contributed by atoms with van der Waals surface area (Å²) in [6.45, 7) is 0.294. The lowest BCUT2D eigenvalue weighted by atomic mass is 10.0. The van der Waals surface area contributed by atoms with Gasteiger partial charge in [-0.2, -0.15) is 0 Å². The Balaban J connectivity index is 1.31. The molecular formula is C22H19F2N3O4. The van der Waals surface area contributed by atoms with E-state index in [0.717, 1.165) is 17.0 Å². The quantitative estimate of drug-likeness (QED) is 0.756. The fourth-order valence-corrected chi connectivity index (χ4v) is 3.83. The molecule has 0 aromatic heterocycles. The Morgan fingerprint density at radius 3 is 2.16 bits per heavy atom. The number of hydrogen-bond donors (Lipinski definition) is 1. The van der Waals surface area contributed by atoms with E-state index in [-0.39, 0.29) is 35.2 Å². The zero-order chi connectivity index (χ0) is 22.1. The van der Waals surface area contributed by atoms with Crippen LogP contribution in [0.5, 0.6) is 0 Å². The van der Waals surface area contributed by atoms with Crippen LogP contribution in [-0.2, 0) is 4.79 Å². The van der Waals surface area contributed by atoms with E-state index in [9.17, 15) is 28.0 Å². The lowest BCUT2D eigenvalue weighted by Crippen LogP contribution is -2.49. The molecule has 0 aliphatic carbocycles. The van der Waals surface area contributed by atoms with E-state index in [1.54, 1.807) is 24.3 Å². The molecule has 4 rings (SSSR count). The summed E-state index contributed by atoms with van der Waals surface area (Å²) in [6, 6.07) is 8.89. The summed E-state index contributed by atoms with van der Waals surface area (Å²) in [7, 11) is 0. The maximum absolute atomic E-state index is 13.8. The molecule has 0 saturated carbocycles. The molecule has 1 fully saturated rings. The molecule has 0 bridgehead atoms. The maximum Gasteiger partial charge on any atom is 0.262 e. The van der Waals surface area contributed by atoms with Gasteiger partial charge in [-0.05, 0) is 37.1 Å². The first-order valence-corrected chi connectivity index (χ1v) is 9.84. The van der Waals surface area contributed by atoms with E-state index >= 15 is 0 Å². The lowest BCUT2D eigenvalue weighted by molar-refractivity contribution is -0.132. The molecule has 4 amide bonds. The first-order chi connectivity index (χ1) is 14.8. The minimum absolute atomic E-state index is 0.245. The molecule has 2 aliphatic rings. The highest BCUT2D eigenvalue weighted by Gasteiger charge is 2.37. The van der Waals surface area contributed by atoms with E-state index < -0.39 is 29.4 Å². The number of piperidine rings is 1. The normalized spacial score (nSPS) is 16.5. The van der Waals surface area contributed by atoms with Crippen LogP contribution in [0, 0.1) is 11.6 Å². The number of carbonyl (C=O) groups excluding carboxylic acids is 4. The second kappa shape index (κ2) is 8.25. The Labute approximate surface area is 176 Å². The molecule has 2 aliphatic heterocycles. The fourth-order valence-electron chi connectivity index (χ4n) is 3.83. The topological polar surface area (TPSA) is 86.8 Å². The van der Waals surface area contributed by atoms with Crippen LogP contribution in [-0.4, -0.2) is 59.1 Å². The van der Waals surface area contributed by atoms with Gasteiger partial charge in [-0.3, -0.25) is 24.1 Å². The number of amides is 4. The molecule has 0 radical (unpaired) electrons. The molecule has 7 nitrogen and oxygen atoms in total. The van der Waals surface area contributed by atoms with Crippen molar-refractivity contribution in [3.05, 3.63) is 70.8 Å². The highest BCUT2D eigenvalue weighted by molar-refractivity contribution is 6.22. The van der Waals surface area contributed by atoms with Gasteiger partial charge in [-0.15, -0.1) is 0 Å². The van der Waals surface area contributed by atoms with Gasteiger partial charge in [0.2, 0.25) is 5.91 Å². The predicted molar refractivity (Wildman–Crippen MR) is 105 cm³/mol. The summed E-state index contributed by atoms with van der Waals surface area (Å²) in [4.78, 5) is 52.2. The van der Waals surface area contributed by atoms with Crippen LogP contribution in [0.4, 0.5) is 8.78 Å². The average molecular weight is 427 g/mol. The van der Waals surface area contributed by atoms with Crippen molar-refractivity contribution in [2.45, 2.75) is 18.9 Å². The molecule has 0 spiro atoms. The maximum atomic E-state index is 13.8. The number of rotatable bonds is 4. The lowest BCUT2D eigenvalue weighted by Gasteiger charge is -2.33. The van der Waals surface area contributed by atoms with E-state index in [1.807, 2.05) is 0 Å². The highest BCUT2D eigenvalue weighted by atomic mass is 19.1. The third-order valence-electron chi connectivity index (χ3n) is 5.53. The molecule has 0 unspecified atom stereocenters. The van der Waals surface area contributed by atoms with Crippen LogP contribution in [0.2, 0.25) is 0 Å². The molecule has 2 aromatic carbocycles. The van der Waals surface area contributed by atoms with Gasteiger partial charge in [0.15, 0.2) is 0 Å². The van der Waals surface area contributed by atoms with Crippen molar-refractivity contribution >= 4 is 23.6 Å². The molecular weight excluding hydrogens is 408 g/mol. The minimum atomic E-state index is -0.939. The van der Waals surface area contributed by atoms with Gasteiger partial charge in [-0.1, -0.05) is 12.1 Å². The predicted octanol–water partition coefficient (Wildman–Crippen LogP) is 1.98. The summed E-state index contributed by atoms with van der Waals surface area (Å²) < 4.78 is 26.8. The minimum Gasteiger partial charge on any atom is -0.349 e. The Kier molecular flexibility index (Phi) is 5.50. The number of nitrogens with one attached hydrogen (secondary N) is 1. The Hall–Kier alpha value is -3.62. The zero-order valence-electron chi connectivity index (χ0n) is 16.4. The van der Waals surface area contributed by atoms with Crippen molar-refractivity contribution in [1.82, 2.24) is 15.1 Å². The summed E-state index contributed by atoms with van der Waals surface area (Å²) in [5.74, 6) is -3.68. The monoisotopic (exact) mass is 427 g/mol. The van der Waals surface area contributed by atoms with Crippen LogP contribution >= 0.6 is 0 Å². The van der Waals surface area contributed by atoms with Gasteiger partial charge in [-0.25, -0.2) is 8.78 Å². The smallest absolute Gasteiger partial charge is 0.262 e.